The van der Waals surface area contributed by atoms with Gasteiger partial charge in [0.05, 0.1) is 18.3 Å². The molecule has 170 valence electrons. The first kappa shape index (κ1) is 26.4. The Balaban J connectivity index is 0.000000335. The normalized spacial score (nSPS) is 12.0. The molecule has 0 saturated heterocycles. The van der Waals surface area contributed by atoms with Gasteiger partial charge in [0.2, 0.25) is 0 Å². The van der Waals surface area contributed by atoms with Gasteiger partial charge in [-0.1, -0.05) is 32.6 Å². The number of allylic oxidation sites excluding steroid dienone is 3. The molecule has 2 aromatic rings. The summed E-state index contributed by atoms with van der Waals surface area (Å²) in [5, 5.41) is 8.44. The summed E-state index contributed by atoms with van der Waals surface area (Å²) in [4.78, 5) is 24.3. The van der Waals surface area contributed by atoms with Gasteiger partial charge in [-0.05, 0) is 38.5 Å². The van der Waals surface area contributed by atoms with Gasteiger partial charge in [0.25, 0.3) is 5.56 Å². The minimum atomic E-state index is 0.0203. The predicted molar refractivity (Wildman–Crippen MR) is 131 cm³/mol. The molecule has 3 heterocycles. The number of hydrogen-bond acceptors (Lipinski definition) is 6. The second-order valence-corrected chi connectivity index (χ2v) is 7.21. The molecule has 7 nitrogen and oxygen atoms in total. The molecule has 1 aliphatic heterocycles. The van der Waals surface area contributed by atoms with Crippen molar-refractivity contribution in [1.29, 1.82) is 5.26 Å². The average molecular weight is 435 g/mol. The topological polar surface area (TPSA) is 78.0 Å². The highest BCUT2D eigenvalue weighted by atomic mass is 16.1. The average Bonchev–Trinajstić information content (AvgIpc) is 2.78. The van der Waals surface area contributed by atoms with E-state index in [0.29, 0.717) is 13.1 Å². The fourth-order valence-electron chi connectivity index (χ4n) is 2.96. The Morgan fingerprint density at radius 2 is 1.88 bits per heavy atom. The largest absolute Gasteiger partial charge is 0.362 e. The zero-order valence-corrected chi connectivity index (χ0v) is 20.3. The minimum absolute atomic E-state index is 0.0203. The van der Waals surface area contributed by atoms with Crippen molar-refractivity contribution in [3.8, 4) is 6.07 Å². The summed E-state index contributed by atoms with van der Waals surface area (Å²) >= 11 is 0. The van der Waals surface area contributed by atoms with E-state index in [1.54, 1.807) is 17.1 Å². The molecule has 0 amide bonds. The van der Waals surface area contributed by atoms with E-state index in [-0.39, 0.29) is 5.56 Å². The highest BCUT2D eigenvalue weighted by molar-refractivity contribution is 5.46. The maximum Gasteiger partial charge on any atom is 0.253 e. The monoisotopic (exact) mass is 434 g/mol. The van der Waals surface area contributed by atoms with Gasteiger partial charge >= 0.3 is 0 Å². The number of aryl methyl sites for hydroxylation is 1. The van der Waals surface area contributed by atoms with Crippen LogP contribution in [-0.4, -0.2) is 40.1 Å². The molecule has 0 N–H and O–H groups in total. The lowest BCUT2D eigenvalue weighted by Crippen LogP contribution is -2.23. The van der Waals surface area contributed by atoms with E-state index >= 15 is 0 Å². The molecule has 0 aliphatic carbocycles. The lowest BCUT2D eigenvalue weighted by molar-refractivity contribution is 0.528. The Kier molecular flexibility index (Phi) is 10.6. The number of pyridine rings is 1. The van der Waals surface area contributed by atoms with Gasteiger partial charge in [0.1, 0.15) is 18.7 Å². The Morgan fingerprint density at radius 3 is 2.50 bits per heavy atom. The highest BCUT2D eigenvalue weighted by Gasteiger charge is 2.10. The molecule has 0 fully saturated rings. The Bertz CT molecular complexity index is 1070. The van der Waals surface area contributed by atoms with E-state index < -0.39 is 0 Å². The first-order valence-corrected chi connectivity index (χ1v) is 10.6. The van der Waals surface area contributed by atoms with Crippen LogP contribution in [0.25, 0.3) is 0 Å². The van der Waals surface area contributed by atoms with Gasteiger partial charge in [-0.2, -0.15) is 5.26 Å². The molecule has 0 saturated carbocycles. The van der Waals surface area contributed by atoms with Gasteiger partial charge < -0.3 is 14.4 Å². The van der Waals surface area contributed by atoms with Crippen molar-refractivity contribution in [2.75, 3.05) is 25.5 Å². The van der Waals surface area contributed by atoms with Crippen molar-refractivity contribution < 1.29 is 0 Å². The molecular formula is C25H34N6O. The Labute approximate surface area is 191 Å². The molecule has 2 aromatic heterocycles. The fourth-order valence-corrected chi connectivity index (χ4v) is 2.96. The summed E-state index contributed by atoms with van der Waals surface area (Å²) in [5.41, 5.74) is 4.65. The quantitative estimate of drug-likeness (QED) is 0.671. The Hall–Kier alpha value is -3.66. The van der Waals surface area contributed by atoms with Gasteiger partial charge in [-0.15, -0.1) is 0 Å². The number of aromatic nitrogens is 3. The summed E-state index contributed by atoms with van der Waals surface area (Å²) in [6.45, 7) is 14.5. The molecule has 0 unspecified atom stereocenters. The number of rotatable bonds is 4. The third-order valence-corrected chi connectivity index (χ3v) is 4.77. The molecule has 0 aromatic carbocycles. The SMILES string of the molecule is C=C1C(C)=CC=CN1CC#N.CC.Cc1c(Cn2cccc(C)c2=O)ncnc1N(C)C. The van der Waals surface area contributed by atoms with Crippen LogP contribution in [0.3, 0.4) is 0 Å². The van der Waals surface area contributed by atoms with Gasteiger partial charge in [-0.25, -0.2) is 9.97 Å². The molecule has 0 radical (unpaired) electrons. The van der Waals surface area contributed by atoms with Crippen molar-refractivity contribution in [3.63, 3.8) is 0 Å². The summed E-state index contributed by atoms with van der Waals surface area (Å²) in [5.74, 6) is 0.880. The number of hydrogen-bond donors (Lipinski definition) is 0. The summed E-state index contributed by atoms with van der Waals surface area (Å²) < 4.78 is 1.67. The first-order chi connectivity index (χ1) is 15.3. The van der Waals surface area contributed by atoms with Crippen LogP contribution < -0.4 is 10.5 Å². The van der Waals surface area contributed by atoms with Crippen LogP contribution in [0, 0.1) is 25.2 Å². The number of nitriles is 1. The van der Waals surface area contributed by atoms with E-state index in [1.165, 1.54) is 0 Å². The Morgan fingerprint density at radius 1 is 1.19 bits per heavy atom. The van der Waals surface area contributed by atoms with Crippen LogP contribution in [0.2, 0.25) is 0 Å². The first-order valence-electron chi connectivity index (χ1n) is 10.6. The third kappa shape index (κ3) is 6.95. The van der Waals surface area contributed by atoms with E-state index in [2.05, 4.69) is 22.6 Å². The number of nitrogens with zero attached hydrogens (tertiary/aromatic N) is 6. The smallest absolute Gasteiger partial charge is 0.253 e. The van der Waals surface area contributed by atoms with Crippen molar-refractivity contribution in [3.05, 3.63) is 88.0 Å². The minimum Gasteiger partial charge on any atom is -0.362 e. The highest BCUT2D eigenvalue weighted by Crippen LogP contribution is 2.17. The molecule has 32 heavy (non-hydrogen) atoms. The molecule has 0 spiro atoms. The van der Waals surface area contributed by atoms with Crippen LogP contribution in [0.4, 0.5) is 5.82 Å². The van der Waals surface area contributed by atoms with Gasteiger partial charge in [0, 0.05) is 43.3 Å². The lowest BCUT2D eigenvalue weighted by atomic mass is 10.1. The molecule has 0 bridgehead atoms. The van der Waals surface area contributed by atoms with Crippen LogP contribution in [-0.2, 0) is 6.54 Å². The third-order valence-electron chi connectivity index (χ3n) is 4.77. The van der Waals surface area contributed by atoms with Crippen LogP contribution >= 0.6 is 0 Å². The van der Waals surface area contributed by atoms with Crippen molar-refractivity contribution >= 4 is 5.82 Å². The molecule has 3 rings (SSSR count). The fraction of sp³-hybridized carbons (Fsp3) is 0.360. The maximum absolute atomic E-state index is 12.0. The summed E-state index contributed by atoms with van der Waals surface area (Å²) in [7, 11) is 3.88. The molecule has 0 atom stereocenters. The standard InChI is InChI=1S/C14H18N4O.C9H10N2.C2H6/c1-10-6-5-7-18(14(10)19)8-12-11(2)13(17(3)4)16-9-15-12;1-8-4-3-6-11(7-5-10)9(8)2;1-2/h5-7,9H,8H2,1-4H3;3-4,6H,2,7H2,1H3;1-2H3. The van der Waals surface area contributed by atoms with Gasteiger partial charge in [-0.3, -0.25) is 4.79 Å². The van der Waals surface area contributed by atoms with Gasteiger partial charge in [0.15, 0.2) is 0 Å². The number of anilines is 1. The van der Waals surface area contributed by atoms with Crippen LogP contribution in [0.15, 0.2) is 65.7 Å². The van der Waals surface area contributed by atoms with E-state index in [9.17, 15) is 4.79 Å². The molecular weight excluding hydrogens is 400 g/mol. The van der Waals surface area contributed by atoms with E-state index in [0.717, 1.165) is 33.9 Å². The summed E-state index contributed by atoms with van der Waals surface area (Å²) in [6, 6.07) is 5.77. The molecule has 1 aliphatic rings. The zero-order chi connectivity index (χ0) is 24.3. The van der Waals surface area contributed by atoms with E-state index in [4.69, 9.17) is 5.26 Å². The van der Waals surface area contributed by atoms with Crippen LogP contribution in [0.1, 0.15) is 37.6 Å². The predicted octanol–water partition coefficient (Wildman–Crippen LogP) is 4.19. The second kappa shape index (κ2) is 12.9. The zero-order valence-electron chi connectivity index (χ0n) is 20.3. The summed E-state index contributed by atoms with van der Waals surface area (Å²) in [6.07, 6.45) is 9.08. The van der Waals surface area contributed by atoms with Crippen molar-refractivity contribution in [2.45, 2.75) is 41.2 Å². The van der Waals surface area contributed by atoms with Crippen molar-refractivity contribution in [2.24, 2.45) is 0 Å². The van der Waals surface area contributed by atoms with E-state index in [1.807, 2.05) is 89.0 Å². The second-order valence-electron chi connectivity index (χ2n) is 7.21. The molecule has 7 heteroatoms. The van der Waals surface area contributed by atoms with Crippen molar-refractivity contribution in [1.82, 2.24) is 19.4 Å². The van der Waals surface area contributed by atoms with Crippen LogP contribution in [0.5, 0.6) is 0 Å². The lowest BCUT2D eigenvalue weighted by Gasteiger charge is -2.22. The maximum atomic E-state index is 12.0.